The number of carbonyl (C=O) groups is 1. The Hall–Kier alpha value is -1.44. The molecule has 0 aliphatic carbocycles. The Bertz CT molecular complexity index is 582. The van der Waals surface area contributed by atoms with E-state index in [1.807, 2.05) is 6.92 Å². The van der Waals surface area contributed by atoms with Crippen molar-refractivity contribution in [3.8, 4) is 0 Å². The van der Waals surface area contributed by atoms with Crippen LogP contribution in [0, 0.1) is 6.92 Å². The van der Waals surface area contributed by atoms with Crippen LogP contribution in [0.2, 0.25) is 0 Å². The molecule has 0 fully saturated rings. The molecule has 0 aliphatic heterocycles. The van der Waals surface area contributed by atoms with Crippen molar-refractivity contribution in [2.75, 3.05) is 13.2 Å². The lowest BCUT2D eigenvalue weighted by molar-refractivity contribution is 0.0696. The summed E-state index contributed by atoms with van der Waals surface area (Å²) in [4.78, 5) is 11.0. The van der Waals surface area contributed by atoms with Gasteiger partial charge in [-0.25, -0.2) is 17.9 Å². The number of ether oxygens (including phenoxy) is 1. The number of hydrogen-bond donors (Lipinski definition) is 2. The lowest BCUT2D eigenvalue weighted by Gasteiger charge is -2.16. The Balaban J connectivity index is 3.04. The molecule has 0 bridgehead atoms. The smallest absolute Gasteiger partial charge is 0.335 e. The van der Waals surface area contributed by atoms with Crippen LogP contribution in [0.5, 0.6) is 0 Å². The normalized spacial score (nSPS) is 13.2. The topological polar surface area (TPSA) is 92.7 Å². The van der Waals surface area contributed by atoms with Crippen LogP contribution in [0.25, 0.3) is 0 Å². The van der Waals surface area contributed by atoms with Crippen molar-refractivity contribution in [2.45, 2.75) is 31.7 Å². The van der Waals surface area contributed by atoms with E-state index in [2.05, 4.69) is 4.72 Å². The molecule has 2 N–H and O–H groups in total. The third kappa shape index (κ3) is 4.03. The molecule has 6 nitrogen and oxygen atoms in total. The molecule has 0 saturated carbocycles. The van der Waals surface area contributed by atoms with Gasteiger partial charge in [0.15, 0.2) is 0 Å². The maximum absolute atomic E-state index is 12.2. The zero-order valence-electron chi connectivity index (χ0n) is 11.7. The van der Waals surface area contributed by atoms with Crippen LogP contribution in [-0.4, -0.2) is 38.7 Å². The van der Waals surface area contributed by atoms with Crippen LogP contribution in [-0.2, 0) is 14.8 Å². The van der Waals surface area contributed by atoms with Crippen LogP contribution < -0.4 is 4.72 Å². The van der Waals surface area contributed by atoms with Crippen molar-refractivity contribution in [1.29, 1.82) is 0 Å². The summed E-state index contributed by atoms with van der Waals surface area (Å²) in [5.41, 5.74) is 0.196. The molecule has 1 unspecified atom stereocenters. The van der Waals surface area contributed by atoms with E-state index in [0.29, 0.717) is 6.61 Å². The minimum absolute atomic E-state index is 0.0228. The molecule has 0 radical (unpaired) electrons. The van der Waals surface area contributed by atoms with Gasteiger partial charge < -0.3 is 9.84 Å². The predicted molar refractivity (Wildman–Crippen MR) is 74.4 cm³/mol. The Morgan fingerprint density at radius 3 is 2.65 bits per heavy atom. The summed E-state index contributed by atoms with van der Waals surface area (Å²) >= 11 is 0. The SMILES string of the molecule is CCOCC(C)NS(=O)(=O)c1cccc(C(=O)O)c1C. The lowest BCUT2D eigenvalue weighted by Crippen LogP contribution is -2.36. The fourth-order valence-electron chi connectivity index (χ4n) is 1.79. The summed E-state index contributed by atoms with van der Waals surface area (Å²) in [7, 11) is -3.77. The quantitative estimate of drug-likeness (QED) is 0.794. The fourth-order valence-corrected chi connectivity index (χ4v) is 3.29. The molecule has 0 spiro atoms. The van der Waals surface area contributed by atoms with E-state index in [9.17, 15) is 13.2 Å². The average Bonchev–Trinajstić information content (AvgIpc) is 2.35. The van der Waals surface area contributed by atoms with Gasteiger partial charge in [0.05, 0.1) is 17.1 Å². The number of nitrogens with one attached hydrogen (secondary N) is 1. The average molecular weight is 301 g/mol. The van der Waals surface area contributed by atoms with E-state index >= 15 is 0 Å². The van der Waals surface area contributed by atoms with E-state index in [0.717, 1.165) is 0 Å². The largest absolute Gasteiger partial charge is 0.478 e. The Kier molecular flexibility index (Phi) is 5.67. The highest BCUT2D eigenvalue weighted by Crippen LogP contribution is 2.19. The van der Waals surface area contributed by atoms with Crippen molar-refractivity contribution in [1.82, 2.24) is 4.72 Å². The lowest BCUT2D eigenvalue weighted by atomic mass is 10.1. The summed E-state index contributed by atoms with van der Waals surface area (Å²) < 4.78 is 32.1. The Morgan fingerprint density at radius 1 is 1.45 bits per heavy atom. The second-order valence-electron chi connectivity index (χ2n) is 4.42. The van der Waals surface area contributed by atoms with E-state index in [1.165, 1.54) is 25.1 Å². The first kappa shape index (κ1) is 16.6. The summed E-state index contributed by atoms with van der Waals surface area (Å²) in [5, 5.41) is 9.02. The van der Waals surface area contributed by atoms with Crippen molar-refractivity contribution in [3.05, 3.63) is 29.3 Å². The van der Waals surface area contributed by atoms with Crippen LogP contribution in [0.3, 0.4) is 0 Å². The molecule has 0 saturated heterocycles. The minimum Gasteiger partial charge on any atom is -0.478 e. The third-order valence-electron chi connectivity index (χ3n) is 2.73. The predicted octanol–water partition coefficient (Wildman–Crippen LogP) is 1.40. The fraction of sp³-hybridized carbons (Fsp3) is 0.462. The second kappa shape index (κ2) is 6.83. The number of aromatic carboxylic acids is 1. The molecule has 0 heterocycles. The van der Waals surface area contributed by atoms with E-state index in [1.54, 1.807) is 6.92 Å². The minimum atomic E-state index is -3.77. The Labute approximate surface area is 118 Å². The van der Waals surface area contributed by atoms with Crippen molar-refractivity contribution in [2.24, 2.45) is 0 Å². The molecule has 0 aliphatic rings. The zero-order valence-corrected chi connectivity index (χ0v) is 12.5. The van der Waals surface area contributed by atoms with Crippen LogP contribution in [0.4, 0.5) is 0 Å². The molecule has 0 aromatic heterocycles. The maximum atomic E-state index is 12.2. The van der Waals surface area contributed by atoms with Crippen molar-refractivity contribution < 1.29 is 23.1 Å². The van der Waals surface area contributed by atoms with Gasteiger partial charge in [-0.15, -0.1) is 0 Å². The maximum Gasteiger partial charge on any atom is 0.335 e. The monoisotopic (exact) mass is 301 g/mol. The number of carboxylic acids is 1. The molecule has 1 aromatic carbocycles. The van der Waals surface area contributed by atoms with Crippen LogP contribution in [0.1, 0.15) is 29.8 Å². The molecule has 0 amide bonds. The first-order chi connectivity index (χ1) is 9.29. The molecule has 112 valence electrons. The highest BCUT2D eigenvalue weighted by molar-refractivity contribution is 7.89. The second-order valence-corrected chi connectivity index (χ2v) is 6.10. The van der Waals surface area contributed by atoms with Crippen molar-refractivity contribution in [3.63, 3.8) is 0 Å². The molecule has 20 heavy (non-hydrogen) atoms. The van der Waals surface area contributed by atoms with E-state index in [4.69, 9.17) is 9.84 Å². The van der Waals surface area contributed by atoms with Gasteiger partial charge in [0, 0.05) is 12.6 Å². The number of carboxylic acid groups (broad SMARTS) is 1. The first-order valence-corrected chi connectivity index (χ1v) is 7.71. The summed E-state index contributed by atoms with van der Waals surface area (Å²) in [6.45, 7) is 5.74. The number of sulfonamides is 1. The van der Waals surface area contributed by atoms with Crippen molar-refractivity contribution >= 4 is 16.0 Å². The summed E-state index contributed by atoms with van der Waals surface area (Å²) in [6.07, 6.45) is 0. The first-order valence-electron chi connectivity index (χ1n) is 6.22. The number of benzene rings is 1. The van der Waals surface area contributed by atoms with Gasteiger partial charge in [0.1, 0.15) is 0 Å². The zero-order chi connectivity index (χ0) is 15.3. The van der Waals surface area contributed by atoms with Crippen LogP contribution >= 0.6 is 0 Å². The molecule has 1 aromatic rings. The number of rotatable bonds is 7. The molecule has 7 heteroatoms. The molecular formula is C13H19NO5S. The van der Waals surface area contributed by atoms with Gasteiger partial charge in [-0.3, -0.25) is 0 Å². The van der Waals surface area contributed by atoms with Gasteiger partial charge in [0.25, 0.3) is 0 Å². The molecule has 1 atom stereocenters. The molecule has 1 rings (SSSR count). The summed E-state index contributed by atoms with van der Waals surface area (Å²) in [6, 6.07) is 3.78. The van der Waals surface area contributed by atoms with Gasteiger partial charge in [-0.1, -0.05) is 6.07 Å². The van der Waals surface area contributed by atoms with Crippen LogP contribution in [0.15, 0.2) is 23.1 Å². The molecular weight excluding hydrogens is 282 g/mol. The standard InChI is InChI=1S/C13H19NO5S/c1-4-19-8-9(2)14-20(17,18)12-7-5-6-11(10(12)3)13(15)16/h5-7,9,14H,4,8H2,1-3H3,(H,15,16). The summed E-state index contributed by atoms with van der Waals surface area (Å²) in [5.74, 6) is -1.15. The number of hydrogen-bond acceptors (Lipinski definition) is 4. The third-order valence-corrected chi connectivity index (χ3v) is 4.47. The van der Waals surface area contributed by atoms with E-state index < -0.39 is 22.0 Å². The highest BCUT2D eigenvalue weighted by atomic mass is 32.2. The van der Waals surface area contributed by atoms with Gasteiger partial charge >= 0.3 is 5.97 Å². The van der Waals surface area contributed by atoms with E-state index in [-0.39, 0.29) is 22.6 Å². The van der Waals surface area contributed by atoms with Gasteiger partial charge in [-0.05, 0) is 38.5 Å². The van der Waals surface area contributed by atoms with Gasteiger partial charge in [0.2, 0.25) is 10.0 Å². The Morgan fingerprint density at radius 2 is 2.10 bits per heavy atom. The van der Waals surface area contributed by atoms with Gasteiger partial charge in [-0.2, -0.15) is 0 Å². The highest BCUT2D eigenvalue weighted by Gasteiger charge is 2.22.